The molecule has 0 atom stereocenters. The molecule has 94 valence electrons. The third-order valence-electron chi connectivity index (χ3n) is 2.62. The van der Waals surface area contributed by atoms with E-state index in [4.69, 9.17) is 0 Å². The molecule has 0 aliphatic rings. The first-order chi connectivity index (χ1) is 9.22. The fourth-order valence-electron chi connectivity index (χ4n) is 1.72. The number of aromatic amines is 1. The smallest absolute Gasteiger partial charge is 0.257 e. The van der Waals surface area contributed by atoms with Crippen LogP contribution >= 0.6 is 15.9 Å². The topological polar surface area (TPSA) is 70.7 Å². The van der Waals surface area contributed by atoms with Gasteiger partial charge in [-0.05, 0) is 24.3 Å². The average molecular weight is 317 g/mol. The molecule has 3 rings (SSSR count). The Balaban J connectivity index is 1.87. The van der Waals surface area contributed by atoms with Crippen LogP contribution in [0.5, 0.6) is 0 Å². The van der Waals surface area contributed by atoms with E-state index in [1.165, 1.54) is 6.20 Å². The molecule has 0 saturated heterocycles. The van der Waals surface area contributed by atoms with Crippen molar-refractivity contribution in [2.24, 2.45) is 0 Å². The lowest BCUT2D eigenvalue weighted by Gasteiger charge is -2.05. The molecule has 0 saturated carbocycles. The molecule has 0 bridgehead atoms. The van der Waals surface area contributed by atoms with Crippen LogP contribution in [0.15, 0.2) is 47.3 Å². The van der Waals surface area contributed by atoms with E-state index in [-0.39, 0.29) is 5.91 Å². The summed E-state index contributed by atoms with van der Waals surface area (Å²) in [7, 11) is 0. The number of hydrogen-bond acceptors (Lipinski definition) is 3. The van der Waals surface area contributed by atoms with E-state index in [0.29, 0.717) is 11.2 Å². The standard InChI is InChI=1S/C13H9BrN4O/c14-9-2-1-3-10(5-9)18-13(19)8-4-11-12(15-6-8)17-7-16-11/h1-7H,(H,18,19)(H,15,16,17). The minimum atomic E-state index is -0.206. The minimum absolute atomic E-state index is 0.206. The average Bonchev–Trinajstić information content (AvgIpc) is 2.85. The summed E-state index contributed by atoms with van der Waals surface area (Å²) < 4.78 is 0.910. The number of fused-ring (bicyclic) bond motifs is 1. The van der Waals surface area contributed by atoms with Crippen molar-refractivity contribution in [3.8, 4) is 0 Å². The number of nitrogens with one attached hydrogen (secondary N) is 2. The molecule has 0 aliphatic carbocycles. The molecule has 6 heteroatoms. The molecular weight excluding hydrogens is 308 g/mol. The number of anilines is 1. The van der Waals surface area contributed by atoms with Crippen LogP contribution in [-0.2, 0) is 0 Å². The molecule has 2 heterocycles. The van der Waals surface area contributed by atoms with Gasteiger partial charge in [0.2, 0.25) is 0 Å². The summed E-state index contributed by atoms with van der Waals surface area (Å²) in [6.45, 7) is 0. The second-order valence-corrected chi connectivity index (χ2v) is 4.88. The highest BCUT2D eigenvalue weighted by atomic mass is 79.9. The Morgan fingerprint density at radius 2 is 2.16 bits per heavy atom. The zero-order valence-corrected chi connectivity index (χ0v) is 11.3. The number of amides is 1. The van der Waals surface area contributed by atoms with Gasteiger partial charge in [0.15, 0.2) is 5.65 Å². The molecule has 3 aromatic rings. The molecule has 2 N–H and O–H groups in total. The van der Waals surface area contributed by atoms with Crippen LogP contribution in [0.1, 0.15) is 10.4 Å². The Morgan fingerprint density at radius 3 is 3.00 bits per heavy atom. The summed E-state index contributed by atoms with van der Waals surface area (Å²) in [5.41, 5.74) is 2.54. The number of carbonyl (C=O) groups excluding carboxylic acids is 1. The van der Waals surface area contributed by atoms with E-state index < -0.39 is 0 Å². The third-order valence-corrected chi connectivity index (χ3v) is 3.11. The van der Waals surface area contributed by atoms with Gasteiger partial charge in [0.05, 0.1) is 17.4 Å². The number of rotatable bonds is 2. The van der Waals surface area contributed by atoms with Crippen molar-refractivity contribution < 1.29 is 4.79 Å². The van der Waals surface area contributed by atoms with Gasteiger partial charge in [-0.25, -0.2) is 9.97 Å². The molecule has 5 nitrogen and oxygen atoms in total. The number of carbonyl (C=O) groups is 1. The Labute approximate surface area is 117 Å². The highest BCUT2D eigenvalue weighted by Crippen LogP contribution is 2.17. The molecular formula is C13H9BrN4O. The highest BCUT2D eigenvalue weighted by molar-refractivity contribution is 9.10. The minimum Gasteiger partial charge on any atom is -0.343 e. The molecule has 0 radical (unpaired) electrons. The molecule has 19 heavy (non-hydrogen) atoms. The monoisotopic (exact) mass is 316 g/mol. The predicted octanol–water partition coefficient (Wildman–Crippen LogP) is 2.97. The van der Waals surface area contributed by atoms with E-state index in [2.05, 4.69) is 36.2 Å². The van der Waals surface area contributed by atoms with Crippen molar-refractivity contribution in [3.05, 3.63) is 52.9 Å². The summed E-state index contributed by atoms with van der Waals surface area (Å²) >= 11 is 3.36. The van der Waals surface area contributed by atoms with Crippen molar-refractivity contribution in [2.75, 3.05) is 5.32 Å². The SMILES string of the molecule is O=C(Nc1cccc(Br)c1)c1cnc2nc[nH]c2c1. The van der Waals surface area contributed by atoms with Crippen molar-refractivity contribution in [1.82, 2.24) is 15.0 Å². The molecule has 2 aromatic heterocycles. The maximum Gasteiger partial charge on any atom is 0.257 e. The van der Waals surface area contributed by atoms with Gasteiger partial charge in [-0.15, -0.1) is 0 Å². The number of pyridine rings is 1. The van der Waals surface area contributed by atoms with Crippen LogP contribution in [0.4, 0.5) is 5.69 Å². The Kier molecular flexibility index (Phi) is 3.00. The third kappa shape index (κ3) is 2.48. The summed E-state index contributed by atoms with van der Waals surface area (Å²) in [6.07, 6.45) is 3.06. The molecule has 1 aromatic carbocycles. The largest absolute Gasteiger partial charge is 0.343 e. The van der Waals surface area contributed by atoms with Crippen LogP contribution in [0.25, 0.3) is 11.2 Å². The van der Waals surface area contributed by atoms with Gasteiger partial charge in [0, 0.05) is 16.4 Å². The maximum absolute atomic E-state index is 12.1. The molecule has 0 aliphatic heterocycles. The lowest BCUT2D eigenvalue weighted by atomic mass is 10.2. The summed E-state index contributed by atoms with van der Waals surface area (Å²) in [5, 5.41) is 2.81. The van der Waals surface area contributed by atoms with Crippen molar-refractivity contribution in [2.45, 2.75) is 0 Å². The fraction of sp³-hybridized carbons (Fsp3) is 0. The van der Waals surface area contributed by atoms with E-state index in [0.717, 1.165) is 15.7 Å². The first-order valence-corrected chi connectivity index (χ1v) is 6.38. The first kappa shape index (κ1) is 11.9. The Morgan fingerprint density at radius 1 is 1.26 bits per heavy atom. The predicted molar refractivity (Wildman–Crippen MR) is 76.0 cm³/mol. The molecule has 0 fully saturated rings. The fourth-order valence-corrected chi connectivity index (χ4v) is 2.12. The number of hydrogen-bond donors (Lipinski definition) is 2. The van der Waals surface area contributed by atoms with Crippen molar-refractivity contribution in [3.63, 3.8) is 0 Å². The van der Waals surface area contributed by atoms with Crippen LogP contribution in [0.2, 0.25) is 0 Å². The number of benzene rings is 1. The van der Waals surface area contributed by atoms with Gasteiger partial charge < -0.3 is 10.3 Å². The zero-order valence-electron chi connectivity index (χ0n) is 9.72. The second kappa shape index (κ2) is 4.81. The van der Waals surface area contributed by atoms with Crippen LogP contribution < -0.4 is 5.32 Å². The van der Waals surface area contributed by atoms with E-state index in [9.17, 15) is 4.79 Å². The van der Waals surface area contributed by atoms with Crippen LogP contribution in [-0.4, -0.2) is 20.9 Å². The van der Waals surface area contributed by atoms with Crippen LogP contribution in [0, 0.1) is 0 Å². The normalized spacial score (nSPS) is 10.6. The molecule has 0 unspecified atom stereocenters. The van der Waals surface area contributed by atoms with Crippen LogP contribution in [0.3, 0.4) is 0 Å². The van der Waals surface area contributed by atoms with E-state index in [1.54, 1.807) is 12.4 Å². The summed E-state index contributed by atoms with van der Waals surface area (Å²) in [6, 6.07) is 9.14. The first-order valence-electron chi connectivity index (χ1n) is 5.58. The van der Waals surface area contributed by atoms with Crippen molar-refractivity contribution in [1.29, 1.82) is 0 Å². The quantitative estimate of drug-likeness (QED) is 0.763. The Hall–Kier alpha value is -2.21. The summed E-state index contributed by atoms with van der Waals surface area (Å²) in [5.74, 6) is -0.206. The maximum atomic E-state index is 12.1. The number of aromatic nitrogens is 3. The number of imidazole rings is 1. The van der Waals surface area contributed by atoms with Gasteiger partial charge in [0.1, 0.15) is 0 Å². The number of halogens is 1. The molecule has 0 spiro atoms. The van der Waals surface area contributed by atoms with E-state index in [1.807, 2.05) is 24.3 Å². The van der Waals surface area contributed by atoms with Gasteiger partial charge in [-0.2, -0.15) is 0 Å². The van der Waals surface area contributed by atoms with Crippen molar-refractivity contribution >= 4 is 38.7 Å². The van der Waals surface area contributed by atoms with Gasteiger partial charge in [-0.1, -0.05) is 22.0 Å². The number of nitrogens with zero attached hydrogens (tertiary/aromatic N) is 2. The summed E-state index contributed by atoms with van der Waals surface area (Å²) in [4.78, 5) is 23.1. The van der Waals surface area contributed by atoms with Gasteiger partial charge >= 0.3 is 0 Å². The lowest BCUT2D eigenvalue weighted by molar-refractivity contribution is 0.102. The highest BCUT2D eigenvalue weighted by Gasteiger charge is 2.08. The van der Waals surface area contributed by atoms with Gasteiger partial charge in [-0.3, -0.25) is 4.79 Å². The second-order valence-electron chi connectivity index (χ2n) is 3.96. The van der Waals surface area contributed by atoms with Gasteiger partial charge in [0.25, 0.3) is 5.91 Å². The zero-order chi connectivity index (χ0) is 13.2. The Bertz CT molecular complexity index is 753. The lowest BCUT2D eigenvalue weighted by Crippen LogP contribution is -2.12. The van der Waals surface area contributed by atoms with E-state index >= 15 is 0 Å². The number of H-pyrrole nitrogens is 1. The molecule has 1 amide bonds.